The summed E-state index contributed by atoms with van der Waals surface area (Å²) in [5.74, 6) is 1.41. The van der Waals surface area contributed by atoms with Crippen molar-refractivity contribution in [2.75, 3.05) is 37.2 Å². The van der Waals surface area contributed by atoms with E-state index in [1.165, 1.54) is 5.56 Å². The molecule has 0 spiro atoms. The van der Waals surface area contributed by atoms with E-state index in [-0.39, 0.29) is 5.95 Å². The zero-order valence-corrected chi connectivity index (χ0v) is 18.0. The number of nitrogens with one attached hydrogen (secondary N) is 1. The number of nitrogens with zero attached hydrogens (tertiary/aromatic N) is 5. The minimum Gasteiger partial charge on any atom is -0.368 e. The zero-order chi connectivity index (χ0) is 21.8. The molecular weight excluding hydrogens is 398 g/mol. The number of nitrogens with two attached hydrogens (primary N) is 1. The van der Waals surface area contributed by atoms with Crippen molar-refractivity contribution in [2.45, 2.75) is 13.1 Å². The maximum Gasteiger partial charge on any atom is 0.232 e. The topological polar surface area (TPSA) is 83.2 Å². The average molecular weight is 426 g/mol. The van der Waals surface area contributed by atoms with Crippen LogP contribution in [0.1, 0.15) is 11.4 Å². The molecule has 3 N–H and O–H groups in total. The van der Waals surface area contributed by atoms with E-state index in [1.807, 2.05) is 24.3 Å². The third-order valence-electron chi connectivity index (χ3n) is 5.81. The minimum absolute atomic E-state index is 0.237. The van der Waals surface area contributed by atoms with Crippen molar-refractivity contribution < 1.29 is 0 Å². The molecule has 1 aliphatic rings. The summed E-state index contributed by atoms with van der Waals surface area (Å²) in [5, 5.41) is 5.61. The monoisotopic (exact) mass is 425 g/mol. The minimum atomic E-state index is 0.237. The molecule has 5 rings (SSSR count). The zero-order valence-electron chi connectivity index (χ0n) is 18.0. The molecule has 0 bridgehead atoms. The van der Waals surface area contributed by atoms with E-state index in [9.17, 15) is 0 Å². The molecule has 0 unspecified atom stereocenters. The summed E-state index contributed by atoms with van der Waals surface area (Å²) in [6.45, 7) is 5.66. The Hall–Kier alpha value is -3.55. The summed E-state index contributed by atoms with van der Waals surface area (Å²) in [7, 11) is 0. The maximum absolute atomic E-state index is 6.01. The smallest absolute Gasteiger partial charge is 0.232 e. The number of fused-ring (bicyclic) bond motifs is 1. The fraction of sp³-hybridized carbons (Fsp3) is 0.240. The number of nitrogen functional groups attached to an aromatic ring is 1. The number of aromatic nitrogens is 3. The largest absolute Gasteiger partial charge is 0.368 e. The van der Waals surface area contributed by atoms with Crippen LogP contribution in [-0.2, 0) is 13.1 Å². The van der Waals surface area contributed by atoms with Gasteiger partial charge in [-0.2, -0.15) is 15.0 Å². The van der Waals surface area contributed by atoms with Crippen molar-refractivity contribution in [3.63, 3.8) is 0 Å². The second-order valence-electron chi connectivity index (χ2n) is 8.12. The fourth-order valence-corrected chi connectivity index (χ4v) is 4.17. The first-order valence-corrected chi connectivity index (χ1v) is 11.0. The summed E-state index contributed by atoms with van der Waals surface area (Å²) >= 11 is 0. The molecule has 1 saturated heterocycles. The first-order chi connectivity index (χ1) is 15.7. The van der Waals surface area contributed by atoms with E-state index in [4.69, 9.17) is 5.73 Å². The number of anilines is 3. The van der Waals surface area contributed by atoms with Crippen molar-refractivity contribution in [1.29, 1.82) is 0 Å². The maximum atomic E-state index is 6.01. The van der Waals surface area contributed by atoms with Gasteiger partial charge in [-0.3, -0.25) is 9.80 Å². The van der Waals surface area contributed by atoms with Gasteiger partial charge in [-0.25, -0.2) is 0 Å². The normalized spacial score (nSPS) is 15.1. The lowest BCUT2D eigenvalue weighted by Gasteiger charge is -2.34. The second-order valence-corrected chi connectivity index (χ2v) is 8.12. The highest BCUT2D eigenvalue weighted by Gasteiger charge is 2.18. The third-order valence-corrected chi connectivity index (χ3v) is 5.81. The lowest BCUT2D eigenvalue weighted by atomic mass is 10.1. The van der Waals surface area contributed by atoms with Crippen molar-refractivity contribution in [3.8, 4) is 0 Å². The van der Waals surface area contributed by atoms with Crippen LogP contribution in [0.25, 0.3) is 10.8 Å². The van der Waals surface area contributed by atoms with Crippen molar-refractivity contribution in [1.82, 2.24) is 24.8 Å². The van der Waals surface area contributed by atoms with Gasteiger partial charge in [0.25, 0.3) is 0 Å². The van der Waals surface area contributed by atoms with E-state index in [1.54, 1.807) is 0 Å². The molecule has 3 aromatic carbocycles. The van der Waals surface area contributed by atoms with E-state index in [2.05, 4.69) is 78.6 Å². The number of hydrogen-bond acceptors (Lipinski definition) is 7. The molecule has 0 radical (unpaired) electrons. The van der Waals surface area contributed by atoms with E-state index >= 15 is 0 Å². The molecule has 1 fully saturated rings. The van der Waals surface area contributed by atoms with Crippen molar-refractivity contribution in [3.05, 3.63) is 84.2 Å². The summed E-state index contributed by atoms with van der Waals surface area (Å²) in [6.07, 6.45) is 0. The molecule has 0 atom stereocenters. The molecule has 0 saturated carbocycles. The molecule has 2 heterocycles. The Morgan fingerprint density at radius 1 is 0.719 bits per heavy atom. The van der Waals surface area contributed by atoms with E-state index in [0.29, 0.717) is 18.3 Å². The Labute approximate surface area is 187 Å². The van der Waals surface area contributed by atoms with Crippen LogP contribution in [0.2, 0.25) is 0 Å². The number of benzene rings is 3. The predicted molar refractivity (Wildman–Crippen MR) is 128 cm³/mol. The Kier molecular flexibility index (Phi) is 5.91. The Morgan fingerprint density at radius 3 is 2.22 bits per heavy atom. The molecule has 162 valence electrons. The molecule has 0 aliphatic carbocycles. The summed E-state index contributed by atoms with van der Waals surface area (Å²) in [6, 6.07) is 25.0. The SMILES string of the molecule is Nc1nc(CN2CCN(Cc3ccccc3)CC2)nc(Nc2cccc3ccccc23)n1. The van der Waals surface area contributed by atoms with Crippen LogP contribution in [0.5, 0.6) is 0 Å². The average Bonchev–Trinajstić information content (AvgIpc) is 2.81. The fourth-order valence-electron chi connectivity index (χ4n) is 4.17. The Balaban J connectivity index is 1.24. The molecule has 7 nitrogen and oxygen atoms in total. The quantitative estimate of drug-likeness (QED) is 0.488. The van der Waals surface area contributed by atoms with Gasteiger partial charge in [0.05, 0.1) is 6.54 Å². The van der Waals surface area contributed by atoms with Crippen LogP contribution in [-0.4, -0.2) is 50.9 Å². The number of piperazine rings is 1. The van der Waals surface area contributed by atoms with Crippen LogP contribution in [0.3, 0.4) is 0 Å². The highest BCUT2D eigenvalue weighted by atomic mass is 15.3. The molecule has 7 heteroatoms. The van der Waals surface area contributed by atoms with E-state index in [0.717, 1.165) is 49.2 Å². The lowest BCUT2D eigenvalue weighted by molar-refractivity contribution is 0.120. The molecule has 1 aromatic heterocycles. The van der Waals surface area contributed by atoms with Gasteiger partial charge in [-0.1, -0.05) is 66.7 Å². The summed E-state index contributed by atoms with van der Waals surface area (Å²) in [4.78, 5) is 18.2. The summed E-state index contributed by atoms with van der Waals surface area (Å²) < 4.78 is 0. The van der Waals surface area contributed by atoms with Gasteiger partial charge in [-0.15, -0.1) is 0 Å². The summed E-state index contributed by atoms with van der Waals surface area (Å²) in [5.41, 5.74) is 8.32. The number of hydrogen-bond donors (Lipinski definition) is 2. The van der Waals surface area contributed by atoms with Crippen LogP contribution in [0.15, 0.2) is 72.8 Å². The Morgan fingerprint density at radius 2 is 1.41 bits per heavy atom. The molecule has 1 aliphatic heterocycles. The van der Waals surface area contributed by atoms with Crippen LogP contribution in [0, 0.1) is 0 Å². The van der Waals surface area contributed by atoms with Gasteiger partial charge in [0.2, 0.25) is 11.9 Å². The first-order valence-electron chi connectivity index (χ1n) is 11.0. The first kappa shape index (κ1) is 20.4. The Bertz CT molecular complexity index is 1180. The molecule has 4 aromatic rings. The number of rotatable bonds is 6. The van der Waals surface area contributed by atoms with Gasteiger partial charge in [-0.05, 0) is 17.0 Å². The molecule has 32 heavy (non-hydrogen) atoms. The standard InChI is InChI=1S/C25H27N7/c26-24-28-23(18-32-15-13-31(14-16-32)17-19-7-2-1-3-8-19)29-25(30-24)27-22-12-6-10-20-9-4-5-11-21(20)22/h1-12H,13-18H2,(H3,26,27,28,29,30). The van der Waals surface area contributed by atoms with Crippen LogP contribution in [0.4, 0.5) is 17.6 Å². The lowest BCUT2D eigenvalue weighted by Crippen LogP contribution is -2.45. The molecular formula is C25H27N7. The van der Waals surface area contributed by atoms with Gasteiger partial charge >= 0.3 is 0 Å². The van der Waals surface area contributed by atoms with Crippen LogP contribution >= 0.6 is 0 Å². The van der Waals surface area contributed by atoms with Crippen molar-refractivity contribution in [2.24, 2.45) is 0 Å². The van der Waals surface area contributed by atoms with Crippen molar-refractivity contribution >= 4 is 28.4 Å². The predicted octanol–water partition coefficient (Wildman–Crippen LogP) is 3.67. The highest BCUT2D eigenvalue weighted by molar-refractivity contribution is 5.94. The van der Waals surface area contributed by atoms with Gasteiger partial charge in [0, 0.05) is 43.8 Å². The highest BCUT2D eigenvalue weighted by Crippen LogP contribution is 2.25. The van der Waals surface area contributed by atoms with Gasteiger partial charge in [0.15, 0.2) is 0 Å². The second kappa shape index (κ2) is 9.30. The van der Waals surface area contributed by atoms with Crippen LogP contribution < -0.4 is 11.1 Å². The van der Waals surface area contributed by atoms with E-state index < -0.39 is 0 Å². The third kappa shape index (κ3) is 4.85. The van der Waals surface area contributed by atoms with Gasteiger partial charge < -0.3 is 11.1 Å². The van der Waals surface area contributed by atoms with Gasteiger partial charge in [0.1, 0.15) is 5.82 Å². The molecule has 0 amide bonds.